The average Bonchev–Trinajstić information content (AvgIpc) is 2.86. The van der Waals surface area contributed by atoms with Gasteiger partial charge in [-0.05, 0) is 24.0 Å². The quantitative estimate of drug-likeness (QED) is 0.789. The van der Waals surface area contributed by atoms with Gasteiger partial charge in [-0.3, -0.25) is 9.59 Å². The molecule has 124 valence electrons. The average molecular weight is 335 g/mol. The first kappa shape index (κ1) is 17.5. The standard InChI is InChI=1S/C17H21NO4S/c1-9(2)13(14(19)20)17(10(3)4,16(21)23)15-18-11-7-5-6-8-12(11)22-15/h5-10,13H,1-4H3,(H,19,20)(H,21,23). The SMILES string of the molecule is CC(C)C(C(=O)O)C(C(=O)S)(c1nc2ccccc2o1)C(C)C. The molecule has 1 heterocycles. The summed E-state index contributed by atoms with van der Waals surface area (Å²) in [5, 5.41) is 9.22. The van der Waals surface area contributed by atoms with Gasteiger partial charge in [0.1, 0.15) is 10.9 Å². The maximum absolute atomic E-state index is 12.5. The number of hydrogen-bond acceptors (Lipinski definition) is 4. The second-order valence-electron chi connectivity index (χ2n) is 6.38. The van der Waals surface area contributed by atoms with Crippen LogP contribution in [0.3, 0.4) is 0 Å². The molecule has 2 rings (SSSR count). The van der Waals surface area contributed by atoms with Gasteiger partial charge in [-0.25, -0.2) is 4.98 Å². The van der Waals surface area contributed by atoms with E-state index in [1.54, 1.807) is 45.9 Å². The number of hydrogen-bond donors (Lipinski definition) is 2. The van der Waals surface area contributed by atoms with Crippen molar-refractivity contribution in [3.63, 3.8) is 0 Å². The third-order valence-corrected chi connectivity index (χ3v) is 4.71. The number of nitrogens with zero attached hydrogens (tertiary/aromatic N) is 1. The number of aliphatic carboxylic acids is 1. The Hall–Kier alpha value is -1.82. The summed E-state index contributed by atoms with van der Waals surface area (Å²) in [5.41, 5.74) is -0.313. The molecule has 2 atom stereocenters. The predicted molar refractivity (Wildman–Crippen MR) is 90.5 cm³/mol. The van der Waals surface area contributed by atoms with Crippen molar-refractivity contribution in [2.45, 2.75) is 33.1 Å². The Bertz CT molecular complexity index is 704. The summed E-state index contributed by atoms with van der Waals surface area (Å²) in [6.45, 7) is 7.13. The first-order valence-electron chi connectivity index (χ1n) is 7.55. The second-order valence-corrected chi connectivity index (χ2v) is 6.78. The van der Waals surface area contributed by atoms with E-state index < -0.39 is 22.4 Å². The number of para-hydroxylation sites is 2. The number of benzene rings is 1. The van der Waals surface area contributed by atoms with Crippen LogP contribution in [0.4, 0.5) is 0 Å². The zero-order valence-electron chi connectivity index (χ0n) is 13.6. The normalized spacial score (nSPS) is 15.8. The number of rotatable bonds is 6. The largest absolute Gasteiger partial charge is 0.481 e. The summed E-state index contributed by atoms with van der Waals surface area (Å²) in [5.74, 6) is -2.56. The van der Waals surface area contributed by atoms with E-state index in [1.165, 1.54) is 0 Å². The minimum absolute atomic E-state index is 0.120. The van der Waals surface area contributed by atoms with Gasteiger partial charge in [0.25, 0.3) is 0 Å². The van der Waals surface area contributed by atoms with Crippen molar-refractivity contribution in [3.05, 3.63) is 30.2 Å². The molecule has 0 aliphatic rings. The number of carboxylic acid groups (broad SMARTS) is 1. The minimum atomic E-state index is -1.43. The molecule has 0 aliphatic heterocycles. The lowest BCUT2D eigenvalue weighted by Crippen LogP contribution is -2.51. The van der Waals surface area contributed by atoms with Crippen LogP contribution in [-0.2, 0) is 15.0 Å². The Kier molecular flexibility index (Phi) is 4.84. The van der Waals surface area contributed by atoms with Gasteiger partial charge in [0.15, 0.2) is 5.58 Å². The third kappa shape index (κ3) is 2.76. The van der Waals surface area contributed by atoms with Crippen molar-refractivity contribution in [1.29, 1.82) is 0 Å². The molecule has 0 bridgehead atoms. The lowest BCUT2D eigenvalue weighted by molar-refractivity contribution is -0.151. The Morgan fingerprint density at radius 3 is 2.26 bits per heavy atom. The Balaban J connectivity index is 2.80. The fraction of sp³-hybridized carbons (Fsp3) is 0.471. The number of aromatic nitrogens is 1. The first-order valence-corrected chi connectivity index (χ1v) is 7.99. The molecule has 1 aromatic carbocycles. The molecule has 0 saturated carbocycles. The predicted octanol–water partition coefficient (Wildman–Crippen LogP) is 3.53. The van der Waals surface area contributed by atoms with Crippen molar-refractivity contribution >= 4 is 34.8 Å². The summed E-state index contributed by atoms with van der Waals surface area (Å²) in [6.07, 6.45) is 0. The number of carbonyl (C=O) groups excluding carboxylic acids is 1. The second kappa shape index (κ2) is 6.35. The van der Waals surface area contributed by atoms with Crippen molar-refractivity contribution in [2.75, 3.05) is 0 Å². The van der Waals surface area contributed by atoms with E-state index in [0.29, 0.717) is 11.1 Å². The number of oxazole rings is 1. The van der Waals surface area contributed by atoms with Crippen molar-refractivity contribution in [2.24, 2.45) is 17.8 Å². The molecule has 0 amide bonds. The minimum Gasteiger partial charge on any atom is -0.481 e. The highest BCUT2D eigenvalue weighted by atomic mass is 32.1. The van der Waals surface area contributed by atoms with Crippen LogP contribution in [0.25, 0.3) is 11.1 Å². The van der Waals surface area contributed by atoms with Crippen LogP contribution in [0.1, 0.15) is 33.6 Å². The topological polar surface area (TPSA) is 80.4 Å². The van der Waals surface area contributed by atoms with Gasteiger partial charge in [0.2, 0.25) is 11.0 Å². The molecule has 6 heteroatoms. The highest BCUT2D eigenvalue weighted by molar-refractivity contribution is 7.96. The van der Waals surface area contributed by atoms with Gasteiger partial charge in [0, 0.05) is 0 Å². The smallest absolute Gasteiger partial charge is 0.308 e. The fourth-order valence-corrected chi connectivity index (χ4v) is 3.76. The number of fused-ring (bicyclic) bond motifs is 1. The van der Waals surface area contributed by atoms with E-state index in [-0.39, 0.29) is 17.7 Å². The molecular weight excluding hydrogens is 314 g/mol. The molecule has 23 heavy (non-hydrogen) atoms. The molecule has 0 fully saturated rings. The molecule has 0 spiro atoms. The zero-order chi connectivity index (χ0) is 17.4. The molecule has 0 aliphatic carbocycles. The van der Waals surface area contributed by atoms with Crippen LogP contribution in [0.5, 0.6) is 0 Å². The van der Waals surface area contributed by atoms with Gasteiger partial charge in [-0.2, -0.15) is 0 Å². The van der Waals surface area contributed by atoms with Crippen LogP contribution < -0.4 is 0 Å². The van der Waals surface area contributed by atoms with Crippen molar-refractivity contribution in [3.8, 4) is 0 Å². The maximum atomic E-state index is 12.5. The van der Waals surface area contributed by atoms with Crippen LogP contribution in [-0.4, -0.2) is 21.2 Å². The van der Waals surface area contributed by atoms with Gasteiger partial charge in [0.05, 0.1) is 5.92 Å². The Morgan fingerprint density at radius 2 is 1.83 bits per heavy atom. The summed E-state index contributed by atoms with van der Waals surface area (Å²) in [4.78, 5) is 28.9. The van der Waals surface area contributed by atoms with Crippen LogP contribution in [0.2, 0.25) is 0 Å². The fourth-order valence-electron chi connectivity index (χ4n) is 3.27. The molecule has 0 radical (unpaired) electrons. The van der Waals surface area contributed by atoms with Gasteiger partial charge < -0.3 is 9.52 Å². The first-order chi connectivity index (χ1) is 10.7. The van der Waals surface area contributed by atoms with Gasteiger partial charge in [-0.1, -0.05) is 39.8 Å². The van der Waals surface area contributed by atoms with E-state index in [4.69, 9.17) is 4.42 Å². The van der Waals surface area contributed by atoms with E-state index in [0.717, 1.165) is 0 Å². The summed E-state index contributed by atoms with van der Waals surface area (Å²) >= 11 is 4.04. The molecule has 1 N–H and O–H groups in total. The number of thiol groups is 1. The van der Waals surface area contributed by atoms with E-state index >= 15 is 0 Å². The lowest BCUT2D eigenvalue weighted by atomic mass is 9.64. The lowest BCUT2D eigenvalue weighted by Gasteiger charge is -2.38. The monoisotopic (exact) mass is 335 g/mol. The van der Waals surface area contributed by atoms with E-state index in [1.807, 2.05) is 6.07 Å². The highest BCUT2D eigenvalue weighted by Gasteiger charge is 2.56. The van der Waals surface area contributed by atoms with Crippen LogP contribution in [0, 0.1) is 17.8 Å². The van der Waals surface area contributed by atoms with Crippen molar-refractivity contribution < 1.29 is 19.1 Å². The molecular formula is C17H21NO4S. The van der Waals surface area contributed by atoms with Crippen LogP contribution >= 0.6 is 12.6 Å². The number of carbonyl (C=O) groups is 2. The van der Waals surface area contributed by atoms with E-state index in [9.17, 15) is 14.7 Å². The van der Waals surface area contributed by atoms with Gasteiger partial charge in [-0.15, -0.1) is 12.6 Å². The molecule has 1 aromatic heterocycles. The summed E-state index contributed by atoms with van der Waals surface area (Å²) < 4.78 is 5.79. The number of carboxylic acids is 1. The molecule has 0 saturated heterocycles. The molecule has 2 unspecified atom stereocenters. The van der Waals surface area contributed by atoms with E-state index in [2.05, 4.69) is 17.6 Å². The summed E-state index contributed by atoms with van der Waals surface area (Å²) in [7, 11) is 0. The molecule has 2 aromatic rings. The summed E-state index contributed by atoms with van der Waals surface area (Å²) in [6, 6.07) is 7.12. The Labute approximate surface area is 140 Å². The van der Waals surface area contributed by atoms with Gasteiger partial charge >= 0.3 is 5.97 Å². The van der Waals surface area contributed by atoms with Crippen LogP contribution in [0.15, 0.2) is 28.7 Å². The van der Waals surface area contributed by atoms with Crippen molar-refractivity contribution in [1.82, 2.24) is 4.98 Å². The highest BCUT2D eigenvalue weighted by Crippen LogP contribution is 2.45. The maximum Gasteiger partial charge on any atom is 0.308 e. The zero-order valence-corrected chi connectivity index (χ0v) is 14.5. The Morgan fingerprint density at radius 1 is 1.22 bits per heavy atom. The molecule has 5 nitrogen and oxygen atoms in total. The third-order valence-electron chi connectivity index (χ3n) is 4.34.